The molecule has 4 nitrogen and oxygen atoms in total. The molecule has 2 heterocycles. The number of hydrogen-bond donors (Lipinski definition) is 1. The Labute approximate surface area is 143 Å². The molecule has 0 spiro atoms. The van der Waals surface area contributed by atoms with Crippen molar-refractivity contribution in [2.45, 2.75) is 26.2 Å². The molecule has 0 aliphatic heterocycles. The van der Waals surface area contributed by atoms with Crippen LogP contribution in [0.2, 0.25) is 0 Å². The van der Waals surface area contributed by atoms with Crippen LogP contribution < -0.4 is 5.32 Å². The SMILES string of the molecule is Cc1ccn2c3c(nc2c1)CCC(C(=O)Nc1ccc(F)c(F)c1)C3. The van der Waals surface area contributed by atoms with Crippen LogP contribution in [0.3, 0.4) is 0 Å². The van der Waals surface area contributed by atoms with Gasteiger partial charge in [-0.2, -0.15) is 0 Å². The van der Waals surface area contributed by atoms with Crippen molar-refractivity contribution in [1.29, 1.82) is 0 Å². The number of amides is 1. The first-order valence-corrected chi connectivity index (χ1v) is 8.23. The maximum Gasteiger partial charge on any atom is 0.227 e. The number of aromatic nitrogens is 2. The molecule has 0 bridgehead atoms. The van der Waals surface area contributed by atoms with Crippen molar-refractivity contribution < 1.29 is 13.6 Å². The van der Waals surface area contributed by atoms with Gasteiger partial charge in [-0.15, -0.1) is 0 Å². The number of carbonyl (C=O) groups is 1. The summed E-state index contributed by atoms with van der Waals surface area (Å²) in [6, 6.07) is 7.41. The summed E-state index contributed by atoms with van der Waals surface area (Å²) in [6.07, 6.45) is 3.97. The van der Waals surface area contributed by atoms with E-state index in [0.29, 0.717) is 12.8 Å². The van der Waals surface area contributed by atoms with Crippen LogP contribution in [0.1, 0.15) is 23.4 Å². The maximum absolute atomic E-state index is 13.3. The van der Waals surface area contributed by atoms with Crippen molar-refractivity contribution in [3.8, 4) is 0 Å². The van der Waals surface area contributed by atoms with Gasteiger partial charge >= 0.3 is 0 Å². The molecule has 1 aliphatic carbocycles. The molecule has 25 heavy (non-hydrogen) atoms. The Kier molecular flexibility index (Phi) is 3.75. The second-order valence-electron chi connectivity index (χ2n) is 6.50. The number of benzene rings is 1. The van der Waals surface area contributed by atoms with Gasteiger partial charge in [-0.05, 0) is 49.6 Å². The Morgan fingerprint density at radius 3 is 2.88 bits per heavy atom. The van der Waals surface area contributed by atoms with Crippen LogP contribution >= 0.6 is 0 Å². The second-order valence-corrected chi connectivity index (χ2v) is 6.50. The summed E-state index contributed by atoms with van der Waals surface area (Å²) in [5, 5.41) is 2.68. The van der Waals surface area contributed by atoms with E-state index in [1.807, 2.05) is 29.7 Å². The van der Waals surface area contributed by atoms with E-state index < -0.39 is 11.6 Å². The van der Waals surface area contributed by atoms with E-state index in [1.165, 1.54) is 6.07 Å². The third-order valence-electron chi connectivity index (χ3n) is 4.69. The summed E-state index contributed by atoms with van der Waals surface area (Å²) >= 11 is 0. The van der Waals surface area contributed by atoms with Crippen molar-refractivity contribution in [2.24, 2.45) is 5.92 Å². The van der Waals surface area contributed by atoms with Gasteiger partial charge in [0.1, 0.15) is 5.65 Å². The molecule has 1 aromatic carbocycles. The molecule has 4 rings (SSSR count). The highest BCUT2D eigenvalue weighted by Gasteiger charge is 2.28. The molecule has 1 unspecified atom stereocenters. The molecule has 0 saturated heterocycles. The van der Waals surface area contributed by atoms with Gasteiger partial charge in [0.25, 0.3) is 0 Å². The van der Waals surface area contributed by atoms with E-state index in [-0.39, 0.29) is 17.5 Å². The maximum atomic E-state index is 13.3. The molecule has 1 amide bonds. The Morgan fingerprint density at radius 1 is 1.24 bits per heavy atom. The Morgan fingerprint density at radius 2 is 2.08 bits per heavy atom. The molecule has 0 fully saturated rings. The lowest BCUT2D eigenvalue weighted by Gasteiger charge is -2.21. The molecule has 1 aliphatic rings. The normalized spacial score (nSPS) is 16.7. The van der Waals surface area contributed by atoms with Gasteiger partial charge in [0.2, 0.25) is 5.91 Å². The number of imidazole rings is 1. The van der Waals surface area contributed by atoms with Crippen LogP contribution in [0.15, 0.2) is 36.5 Å². The minimum Gasteiger partial charge on any atom is -0.326 e. The minimum atomic E-state index is -0.971. The van der Waals surface area contributed by atoms with Gasteiger partial charge in [-0.3, -0.25) is 4.79 Å². The molecular weight excluding hydrogens is 324 g/mol. The zero-order valence-corrected chi connectivity index (χ0v) is 13.7. The zero-order valence-electron chi connectivity index (χ0n) is 13.7. The predicted octanol–water partition coefficient (Wildman–Crippen LogP) is 3.66. The molecule has 6 heteroatoms. The molecule has 3 aromatic rings. The number of fused-ring (bicyclic) bond motifs is 3. The Bertz CT molecular complexity index is 980. The number of carbonyl (C=O) groups excluding carboxylic acids is 1. The topological polar surface area (TPSA) is 46.4 Å². The molecule has 0 saturated carbocycles. The number of halogens is 2. The van der Waals surface area contributed by atoms with Crippen molar-refractivity contribution in [3.05, 3.63) is 65.1 Å². The molecule has 128 valence electrons. The quantitative estimate of drug-likeness (QED) is 0.773. The molecule has 1 atom stereocenters. The molecule has 0 radical (unpaired) electrons. The van der Waals surface area contributed by atoms with Crippen LogP contribution in [0.5, 0.6) is 0 Å². The van der Waals surface area contributed by atoms with Crippen LogP contribution in [0.4, 0.5) is 14.5 Å². The van der Waals surface area contributed by atoms with E-state index in [1.54, 1.807) is 0 Å². The lowest BCUT2D eigenvalue weighted by Crippen LogP contribution is -2.28. The van der Waals surface area contributed by atoms with Crippen molar-refractivity contribution in [2.75, 3.05) is 5.32 Å². The number of hydrogen-bond acceptors (Lipinski definition) is 2. The summed E-state index contributed by atoms with van der Waals surface area (Å²) in [5.74, 6) is -2.30. The highest BCUT2D eigenvalue weighted by atomic mass is 19.2. The first-order chi connectivity index (χ1) is 12.0. The molecule has 2 aromatic heterocycles. The fourth-order valence-corrected chi connectivity index (χ4v) is 3.35. The summed E-state index contributed by atoms with van der Waals surface area (Å²) < 4.78 is 28.3. The van der Waals surface area contributed by atoms with Crippen LogP contribution in [-0.2, 0) is 17.6 Å². The minimum absolute atomic E-state index is 0.182. The van der Waals surface area contributed by atoms with Crippen LogP contribution in [0.25, 0.3) is 5.65 Å². The predicted molar refractivity (Wildman–Crippen MR) is 90.4 cm³/mol. The summed E-state index contributed by atoms with van der Waals surface area (Å²) in [6.45, 7) is 2.02. The average Bonchev–Trinajstić information content (AvgIpc) is 2.94. The van der Waals surface area contributed by atoms with Crippen molar-refractivity contribution >= 4 is 17.2 Å². The molecular formula is C19H17F2N3O. The fraction of sp³-hybridized carbons (Fsp3) is 0.263. The van der Waals surface area contributed by atoms with Gasteiger partial charge in [-0.1, -0.05) is 0 Å². The third-order valence-corrected chi connectivity index (χ3v) is 4.69. The van der Waals surface area contributed by atoms with E-state index >= 15 is 0 Å². The van der Waals surface area contributed by atoms with Crippen LogP contribution in [0, 0.1) is 24.5 Å². The third kappa shape index (κ3) is 2.88. The standard InChI is InChI=1S/C19H17F2N3O/c1-11-6-7-24-17-9-12(2-5-16(17)23-18(24)8-11)19(25)22-13-3-4-14(20)15(21)10-13/h3-4,6-8,10,12H,2,5,9H2,1H3,(H,22,25). The largest absolute Gasteiger partial charge is 0.326 e. The van der Waals surface area contributed by atoms with E-state index in [9.17, 15) is 13.6 Å². The summed E-state index contributed by atoms with van der Waals surface area (Å²) in [5.41, 5.74) is 4.38. The number of pyridine rings is 1. The fourth-order valence-electron chi connectivity index (χ4n) is 3.35. The number of anilines is 1. The Hall–Kier alpha value is -2.76. The average molecular weight is 341 g/mol. The van der Waals surface area contributed by atoms with Gasteiger partial charge in [-0.25, -0.2) is 13.8 Å². The number of nitrogens with one attached hydrogen (secondary N) is 1. The second kappa shape index (κ2) is 5.95. The van der Waals surface area contributed by atoms with Gasteiger partial charge in [0.05, 0.1) is 5.69 Å². The number of aryl methyl sites for hydroxylation is 2. The van der Waals surface area contributed by atoms with Crippen molar-refractivity contribution in [3.63, 3.8) is 0 Å². The molecule has 1 N–H and O–H groups in total. The van der Waals surface area contributed by atoms with E-state index in [2.05, 4.69) is 10.3 Å². The van der Waals surface area contributed by atoms with Crippen LogP contribution in [-0.4, -0.2) is 15.3 Å². The summed E-state index contributed by atoms with van der Waals surface area (Å²) in [7, 11) is 0. The number of rotatable bonds is 2. The lowest BCUT2D eigenvalue weighted by atomic mass is 9.89. The smallest absolute Gasteiger partial charge is 0.227 e. The Balaban J connectivity index is 1.56. The zero-order chi connectivity index (χ0) is 17.6. The van der Waals surface area contributed by atoms with E-state index in [4.69, 9.17) is 0 Å². The highest BCUT2D eigenvalue weighted by Crippen LogP contribution is 2.28. The van der Waals surface area contributed by atoms with Gasteiger partial charge in [0, 0.05) is 36.0 Å². The lowest BCUT2D eigenvalue weighted by molar-refractivity contribution is -0.120. The highest BCUT2D eigenvalue weighted by molar-refractivity contribution is 5.92. The summed E-state index contributed by atoms with van der Waals surface area (Å²) in [4.78, 5) is 17.2. The van der Waals surface area contributed by atoms with Gasteiger partial charge in [0.15, 0.2) is 11.6 Å². The first kappa shape index (κ1) is 15.7. The monoisotopic (exact) mass is 341 g/mol. The van der Waals surface area contributed by atoms with E-state index in [0.717, 1.165) is 41.2 Å². The number of nitrogens with zero attached hydrogens (tertiary/aromatic N) is 2. The van der Waals surface area contributed by atoms with Crippen molar-refractivity contribution in [1.82, 2.24) is 9.38 Å². The van der Waals surface area contributed by atoms with Gasteiger partial charge < -0.3 is 9.72 Å². The first-order valence-electron chi connectivity index (χ1n) is 8.23.